The molecule has 0 aromatic carbocycles. The summed E-state index contributed by atoms with van der Waals surface area (Å²) in [6.07, 6.45) is 1.58. The van der Waals surface area contributed by atoms with E-state index in [0.717, 1.165) is 11.5 Å². The van der Waals surface area contributed by atoms with E-state index >= 15 is 0 Å². The van der Waals surface area contributed by atoms with Gasteiger partial charge in [-0.15, -0.1) is 11.6 Å². The van der Waals surface area contributed by atoms with E-state index in [9.17, 15) is 0 Å². The van der Waals surface area contributed by atoms with Crippen molar-refractivity contribution in [1.29, 1.82) is 0 Å². The summed E-state index contributed by atoms with van der Waals surface area (Å²) in [7, 11) is 0. The molecule has 0 aliphatic carbocycles. The fourth-order valence-electron chi connectivity index (χ4n) is 1.06. The number of halogens is 1. The van der Waals surface area contributed by atoms with Gasteiger partial charge in [-0.25, -0.2) is 9.97 Å². The SMILES string of the molecule is CC(CCl)Nc1cc(C(C)C)ncn1. The average Bonchev–Trinajstić information content (AvgIpc) is 2.18. The first-order valence-corrected chi connectivity index (χ1v) is 5.31. The molecule has 1 heterocycles. The molecule has 0 bridgehead atoms. The lowest BCUT2D eigenvalue weighted by Crippen LogP contribution is -2.17. The van der Waals surface area contributed by atoms with Gasteiger partial charge in [-0.05, 0) is 12.8 Å². The molecular weight excluding hydrogens is 198 g/mol. The van der Waals surface area contributed by atoms with Crippen molar-refractivity contribution in [3.05, 3.63) is 18.1 Å². The standard InChI is InChI=1S/C10H16ClN3/c1-7(2)9-4-10(13-6-12-9)14-8(3)5-11/h4,6-8H,5H2,1-3H3,(H,12,13,14). The van der Waals surface area contributed by atoms with Gasteiger partial charge in [0.15, 0.2) is 0 Å². The van der Waals surface area contributed by atoms with Crippen molar-refractivity contribution in [3.63, 3.8) is 0 Å². The van der Waals surface area contributed by atoms with Gasteiger partial charge in [0.1, 0.15) is 12.1 Å². The number of rotatable bonds is 4. The van der Waals surface area contributed by atoms with Crippen LogP contribution in [0.5, 0.6) is 0 Å². The molecule has 0 aliphatic heterocycles. The lowest BCUT2D eigenvalue weighted by Gasteiger charge is -2.12. The molecule has 1 unspecified atom stereocenters. The summed E-state index contributed by atoms with van der Waals surface area (Å²) in [4.78, 5) is 8.32. The summed E-state index contributed by atoms with van der Waals surface area (Å²) in [6.45, 7) is 6.23. The summed E-state index contributed by atoms with van der Waals surface area (Å²) in [6, 6.07) is 2.19. The van der Waals surface area contributed by atoms with Crippen molar-refractivity contribution < 1.29 is 0 Å². The zero-order valence-corrected chi connectivity index (χ0v) is 9.54. The van der Waals surface area contributed by atoms with E-state index in [1.165, 1.54) is 0 Å². The van der Waals surface area contributed by atoms with E-state index in [1.54, 1.807) is 6.33 Å². The summed E-state index contributed by atoms with van der Waals surface area (Å²) in [5, 5.41) is 3.20. The molecule has 0 spiro atoms. The molecule has 78 valence electrons. The average molecular weight is 214 g/mol. The first kappa shape index (κ1) is 11.2. The minimum absolute atomic E-state index is 0.228. The molecule has 0 radical (unpaired) electrons. The van der Waals surface area contributed by atoms with E-state index in [2.05, 4.69) is 29.1 Å². The van der Waals surface area contributed by atoms with Gasteiger partial charge >= 0.3 is 0 Å². The Morgan fingerprint density at radius 2 is 2.07 bits per heavy atom. The second-order valence-corrected chi connectivity index (χ2v) is 3.99. The molecule has 0 aliphatic rings. The topological polar surface area (TPSA) is 37.8 Å². The zero-order valence-electron chi connectivity index (χ0n) is 8.79. The molecular formula is C10H16ClN3. The Bertz CT molecular complexity index is 288. The molecule has 1 atom stereocenters. The van der Waals surface area contributed by atoms with E-state index in [0.29, 0.717) is 11.8 Å². The maximum Gasteiger partial charge on any atom is 0.129 e. The number of nitrogens with one attached hydrogen (secondary N) is 1. The fourth-order valence-corrected chi connectivity index (χ4v) is 1.14. The largest absolute Gasteiger partial charge is 0.366 e. The monoisotopic (exact) mass is 213 g/mol. The molecule has 1 rings (SSSR count). The molecule has 0 saturated carbocycles. The maximum absolute atomic E-state index is 5.70. The zero-order chi connectivity index (χ0) is 10.6. The van der Waals surface area contributed by atoms with Gasteiger partial charge < -0.3 is 5.32 Å². The van der Waals surface area contributed by atoms with Crippen LogP contribution in [0.1, 0.15) is 32.4 Å². The molecule has 0 saturated heterocycles. The van der Waals surface area contributed by atoms with Crippen LogP contribution < -0.4 is 5.32 Å². The van der Waals surface area contributed by atoms with Crippen LogP contribution in [0.3, 0.4) is 0 Å². The molecule has 1 N–H and O–H groups in total. The number of anilines is 1. The van der Waals surface area contributed by atoms with E-state index in [1.807, 2.05) is 13.0 Å². The van der Waals surface area contributed by atoms with Crippen molar-refractivity contribution in [1.82, 2.24) is 9.97 Å². The van der Waals surface area contributed by atoms with Crippen LogP contribution >= 0.6 is 11.6 Å². The molecule has 4 heteroatoms. The van der Waals surface area contributed by atoms with Crippen molar-refractivity contribution >= 4 is 17.4 Å². The summed E-state index contributed by atoms with van der Waals surface area (Å²) < 4.78 is 0. The van der Waals surface area contributed by atoms with Gasteiger partial charge in [0.05, 0.1) is 0 Å². The Labute approximate surface area is 89.9 Å². The van der Waals surface area contributed by atoms with Gasteiger partial charge in [-0.1, -0.05) is 13.8 Å². The predicted molar refractivity (Wildman–Crippen MR) is 59.9 cm³/mol. The Hall–Kier alpha value is -0.830. The van der Waals surface area contributed by atoms with Crippen LogP contribution in [0.25, 0.3) is 0 Å². The lowest BCUT2D eigenvalue weighted by molar-refractivity contribution is 0.809. The highest BCUT2D eigenvalue weighted by Gasteiger charge is 2.04. The highest BCUT2D eigenvalue weighted by atomic mass is 35.5. The Kier molecular flexibility index (Phi) is 4.14. The molecule has 0 fully saturated rings. The van der Waals surface area contributed by atoms with Crippen LogP contribution in [-0.4, -0.2) is 21.9 Å². The van der Waals surface area contributed by atoms with Gasteiger partial charge in [0.2, 0.25) is 0 Å². The summed E-state index contributed by atoms with van der Waals surface area (Å²) in [5.41, 5.74) is 1.05. The molecule has 14 heavy (non-hydrogen) atoms. The minimum atomic E-state index is 0.228. The first-order valence-electron chi connectivity index (χ1n) is 4.78. The normalized spacial score (nSPS) is 12.9. The van der Waals surface area contributed by atoms with Crippen molar-refractivity contribution in [3.8, 4) is 0 Å². The number of aromatic nitrogens is 2. The third kappa shape index (κ3) is 3.14. The molecule has 1 aromatic rings. The second kappa shape index (κ2) is 5.15. The number of nitrogens with zero attached hydrogens (tertiary/aromatic N) is 2. The van der Waals surface area contributed by atoms with Gasteiger partial charge in [-0.2, -0.15) is 0 Å². The Morgan fingerprint density at radius 1 is 1.36 bits per heavy atom. The van der Waals surface area contributed by atoms with Crippen molar-refractivity contribution in [2.24, 2.45) is 0 Å². The highest BCUT2D eigenvalue weighted by Crippen LogP contribution is 2.14. The van der Waals surface area contributed by atoms with Gasteiger partial charge in [0.25, 0.3) is 0 Å². The number of alkyl halides is 1. The van der Waals surface area contributed by atoms with Crippen LogP contribution in [0.4, 0.5) is 5.82 Å². The van der Waals surface area contributed by atoms with Crippen molar-refractivity contribution in [2.45, 2.75) is 32.7 Å². The Morgan fingerprint density at radius 3 is 2.64 bits per heavy atom. The fraction of sp³-hybridized carbons (Fsp3) is 0.600. The quantitative estimate of drug-likeness (QED) is 0.782. The highest BCUT2D eigenvalue weighted by molar-refractivity contribution is 6.18. The minimum Gasteiger partial charge on any atom is -0.366 e. The Balaban J connectivity index is 2.73. The second-order valence-electron chi connectivity index (χ2n) is 3.68. The van der Waals surface area contributed by atoms with Crippen LogP contribution in [0.15, 0.2) is 12.4 Å². The van der Waals surface area contributed by atoms with Gasteiger partial charge in [0, 0.05) is 23.7 Å². The van der Waals surface area contributed by atoms with E-state index in [4.69, 9.17) is 11.6 Å². The van der Waals surface area contributed by atoms with E-state index in [-0.39, 0.29) is 6.04 Å². The third-order valence-electron chi connectivity index (χ3n) is 1.91. The van der Waals surface area contributed by atoms with Crippen LogP contribution in [0, 0.1) is 0 Å². The third-order valence-corrected chi connectivity index (χ3v) is 2.37. The molecule has 1 aromatic heterocycles. The predicted octanol–water partition coefficient (Wildman–Crippen LogP) is 2.64. The summed E-state index contributed by atoms with van der Waals surface area (Å²) in [5.74, 6) is 1.84. The van der Waals surface area contributed by atoms with Gasteiger partial charge in [-0.3, -0.25) is 0 Å². The van der Waals surface area contributed by atoms with Crippen LogP contribution in [-0.2, 0) is 0 Å². The van der Waals surface area contributed by atoms with Crippen LogP contribution in [0.2, 0.25) is 0 Å². The lowest BCUT2D eigenvalue weighted by atomic mass is 10.1. The van der Waals surface area contributed by atoms with Crippen molar-refractivity contribution in [2.75, 3.05) is 11.2 Å². The number of hydrogen-bond acceptors (Lipinski definition) is 3. The molecule has 0 amide bonds. The first-order chi connectivity index (χ1) is 6.63. The number of hydrogen-bond donors (Lipinski definition) is 1. The smallest absolute Gasteiger partial charge is 0.129 e. The van der Waals surface area contributed by atoms with E-state index < -0.39 is 0 Å². The molecule has 3 nitrogen and oxygen atoms in total. The maximum atomic E-state index is 5.70. The summed E-state index contributed by atoms with van der Waals surface area (Å²) >= 11 is 5.70.